The average molecular weight is 436 g/mol. The minimum absolute atomic E-state index is 0.0791. The van der Waals surface area contributed by atoms with Gasteiger partial charge in [-0.15, -0.1) is 0 Å². The first-order valence-electron chi connectivity index (χ1n) is 7.81. The number of benzene rings is 1. The van der Waals surface area contributed by atoms with Crippen LogP contribution in [-0.2, 0) is 11.3 Å². The van der Waals surface area contributed by atoms with E-state index in [0.717, 1.165) is 10.2 Å². The molecule has 6 nitrogen and oxygen atoms in total. The maximum Gasteiger partial charge on any atom is 0.246 e. The molecule has 0 fully saturated rings. The summed E-state index contributed by atoms with van der Waals surface area (Å²) in [7, 11) is 0. The predicted octanol–water partition coefficient (Wildman–Crippen LogP) is 4.74. The van der Waals surface area contributed by atoms with Crippen LogP contribution >= 0.6 is 27.5 Å². The van der Waals surface area contributed by atoms with Crippen LogP contribution in [0, 0.1) is 13.8 Å². The number of anilines is 1. The quantitative estimate of drug-likeness (QED) is 0.628. The lowest BCUT2D eigenvalue weighted by atomic mass is 10.3. The van der Waals surface area contributed by atoms with Crippen molar-refractivity contribution in [1.29, 1.82) is 0 Å². The number of aromatic nitrogens is 3. The predicted molar refractivity (Wildman–Crippen MR) is 104 cm³/mol. The Labute approximate surface area is 164 Å². The van der Waals surface area contributed by atoms with E-state index in [4.69, 9.17) is 16.3 Å². The Morgan fingerprint density at radius 2 is 2.12 bits per heavy atom. The highest BCUT2D eigenvalue weighted by Crippen LogP contribution is 2.23. The van der Waals surface area contributed by atoms with Crippen molar-refractivity contribution in [2.75, 3.05) is 5.32 Å². The van der Waals surface area contributed by atoms with E-state index in [9.17, 15) is 4.79 Å². The number of nitrogens with one attached hydrogen (secondary N) is 1. The number of amides is 1. The van der Waals surface area contributed by atoms with E-state index in [-0.39, 0.29) is 12.5 Å². The van der Waals surface area contributed by atoms with E-state index in [1.54, 1.807) is 29.9 Å². The second kappa shape index (κ2) is 7.88. The molecule has 0 aliphatic carbocycles. The molecule has 1 amide bonds. The van der Waals surface area contributed by atoms with Crippen LogP contribution < -0.4 is 10.1 Å². The smallest absolute Gasteiger partial charge is 0.246 e. The minimum Gasteiger partial charge on any atom is -0.439 e. The van der Waals surface area contributed by atoms with E-state index < -0.39 is 0 Å². The highest BCUT2D eigenvalue weighted by atomic mass is 79.9. The molecule has 8 heteroatoms. The number of hydrogen-bond donors (Lipinski definition) is 1. The molecule has 1 N–H and O–H groups in total. The van der Waals surface area contributed by atoms with Crippen molar-refractivity contribution in [2.24, 2.45) is 0 Å². The first-order valence-corrected chi connectivity index (χ1v) is 8.98. The van der Waals surface area contributed by atoms with E-state index >= 15 is 0 Å². The molecule has 0 saturated heterocycles. The molecule has 134 valence electrons. The minimum atomic E-state index is -0.213. The number of aryl methyl sites for hydroxylation is 1. The maximum absolute atomic E-state index is 12.2. The second-order valence-corrected chi connectivity index (χ2v) is 6.93. The van der Waals surface area contributed by atoms with Gasteiger partial charge in [-0.05, 0) is 38.1 Å². The molecule has 1 aromatic carbocycles. The van der Waals surface area contributed by atoms with Crippen molar-refractivity contribution in [3.63, 3.8) is 0 Å². The summed E-state index contributed by atoms with van der Waals surface area (Å²) >= 11 is 9.48. The molecule has 0 saturated carbocycles. The van der Waals surface area contributed by atoms with Crippen LogP contribution in [-0.4, -0.2) is 20.7 Å². The highest BCUT2D eigenvalue weighted by Gasteiger charge is 2.12. The molecule has 0 aliphatic rings. The molecule has 0 atom stereocenters. The summed E-state index contributed by atoms with van der Waals surface area (Å²) in [5.41, 5.74) is 2.03. The molecule has 3 rings (SSSR count). The van der Waals surface area contributed by atoms with Crippen LogP contribution in [0.25, 0.3) is 0 Å². The molecular weight excluding hydrogens is 420 g/mol. The van der Waals surface area contributed by atoms with Gasteiger partial charge in [-0.2, -0.15) is 5.10 Å². The Morgan fingerprint density at radius 3 is 2.73 bits per heavy atom. The summed E-state index contributed by atoms with van der Waals surface area (Å²) < 4.78 is 8.16. The molecule has 0 aliphatic heterocycles. The monoisotopic (exact) mass is 434 g/mol. The van der Waals surface area contributed by atoms with Crippen molar-refractivity contribution in [3.8, 4) is 11.6 Å². The fraction of sp³-hybridized carbons (Fsp3) is 0.167. The summed E-state index contributed by atoms with van der Waals surface area (Å²) in [6, 6.07) is 10.9. The molecule has 3 aromatic rings. The summed E-state index contributed by atoms with van der Waals surface area (Å²) in [6.07, 6.45) is 1.54. The van der Waals surface area contributed by atoms with E-state index in [2.05, 4.69) is 31.3 Å². The largest absolute Gasteiger partial charge is 0.439 e. The Kier molecular flexibility index (Phi) is 5.58. The molecule has 2 aromatic heterocycles. The Hall–Kier alpha value is -2.38. The topological polar surface area (TPSA) is 69.0 Å². The molecule has 0 spiro atoms. The summed E-state index contributed by atoms with van der Waals surface area (Å²) in [5.74, 6) is 0.895. The third-order valence-corrected chi connectivity index (χ3v) is 4.67. The van der Waals surface area contributed by atoms with Gasteiger partial charge < -0.3 is 10.1 Å². The van der Waals surface area contributed by atoms with Crippen molar-refractivity contribution >= 4 is 39.1 Å². The zero-order chi connectivity index (χ0) is 18.7. The second-order valence-electron chi connectivity index (χ2n) is 5.64. The van der Waals surface area contributed by atoms with Crippen LogP contribution in [0.4, 0.5) is 5.69 Å². The SMILES string of the molecule is Cc1nn(CC(=O)Nc2ccc(Oc3cccc(Br)c3)nc2)c(C)c1Cl. The third kappa shape index (κ3) is 4.42. The lowest BCUT2D eigenvalue weighted by Gasteiger charge is -2.08. The molecule has 2 heterocycles. The van der Waals surface area contributed by atoms with Gasteiger partial charge in [0.2, 0.25) is 11.8 Å². The highest BCUT2D eigenvalue weighted by molar-refractivity contribution is 9.10. The van der Waals surface area contributed by atoms with Crippen molar-refractivity contribution in [1.82, 2.24) is 14.8 Å². The van der Waals surface area contributed by atoms with Gasteiger partial charge in [0.1, 0.15) is 12.3 Å². The van der Waals surface area contributed by atoms with Gasteiger partial charge in [0, 0.05) is 10.5 Å². The number of ether oxygens (including phenoxy) is 1. The first-order chi connectivity index (χ1) is 12.4. The zero-order valence-electron chi connectivity index (χ0n) is 14.2. The van der Waals surface area contributed by atoms with Gasteiger partial charge in [-0.3, -0.25) is 9.48 Å². The van der Waals surface area contributed by atoms with Crippen molar-refractivity contribution in [2.45, 2.75) is 20.4 Å². The Balaban J connectivity index is 1.61. The molecule has 0 unspecified atom stereocenters. The number of halogens is 2. The average Bonchev–Trinajstić information content (AvgIpc) is 2.83. The van der Waals surface area contributed by atoms with Crippen LogP contribution in [0.5, 0.6) is 11.6 Å². The maximum atomic E-state index is 12.2. The summed E-state index contributed by atoms with van der Waals surface area (Å²) in [4.78, 5) is 16.4. The van der Waals surface area contributed by atoms with Gasteiger partial charge in [-0.1, -0.05) is 33.6 Å². The molecule has 26 heavy (non-hydrogen) atoms. The summed E-state index contributed by atoms with van der Waals surface area (Å²) in [5, 5.41) is 7.60. The molecule has 0 bridgehead atoms. The van der Waals surface area contributed by atoms with Crippen LogP contribution in [0.3, 0.4) is 0 Å². The number of carbonyl (C=O) groups is 1. The third-order valence-electron chi connectivity index (χ3n) is 3.63. The first kappa shape index (κ1) is 18.4. The molecular formula is C18H16BrClN4O2. The number of rotatable bonds is 5. The van der Waals surface area contributed by atoms with Crippen LogP contribution in [0.15, 0.2) is 47.1 Å². The Bertz CT molecular complexity index is 941. The van der Waals surface area contributed by atoms with Gasteiger partial charge in [0.15, 0.2) is 0 Å². The van der Waals surface area contributed by atoms with E-state index in [1.165, 1.54) is 0 Å². The fourth-order valence-electron chi connectivity index (χ4n) is 2.33. The Morgan fingerprint density at radius 1 is 1.31 bits per heavy atom. The van der Waals surface area contributed by atoms with E-state index in [1.807, 2.05) is 31.2 Å². The normalized spacial score (nSPS) is 10.6. The van der Waals surface area contributed by atoms with Gasteiger partial charge in [0.25, 0.3) is 0 Å². The van der Waals surface area contributed by atoms with Crippen LogP contribution in [0.1, 0.15) is 11.4 Å². The van der Waals surface area contributed by atoms with Gasteiger partial charge in [-0.25, -0.2) is 4.98 Å². The van der Waals surface area contributed by atoms with E-state index in [0.29, 0.717) is 28.0 Å². The fourth-order valence-corrected chi connectivity index (χ4v) is 2.84. The standard InChI is InChI=1S/C18H16BrClN4O2/c1-11-18(20)12(2)24(23-11)10-16(25)22-14-6-7-17(21-9-14)26-15-5-3-4-13(19)8-15/h3-9H,10H2,1-2H3,(H,22,25). The van der Waals surface area contributed by atoms with Crippen LogP contribution in [0.2, 0.25) is 5.02 Å². The summed E-state index contributed by atoms with van der Waals surface area (Å²) in [6.45, 7) is 3.71. The number of carbonyl (C=O) groups excluding carboxylic acids is 1. The number of pyridine rings is 1. The van der Waals surface area contributed by atoms with Crippen molar-refractivity contribution in [3.05, 3.63) is 63.5 Å². The van der Waals surface area contributed by atoms with Crippen molar-refractivity contribution < 1.29 is 9.53 Å². The molecule has 0 radical (unpaired) electrons. The number of nitrogens with zero attached hydrogens (tertiary/aromatic N) is 3. The number of hydrogen-bond acceptors (Lipinski definition) is 4. The van der Waals surface area contributed by atoms with Gasteiger partial charge in [0.05, 0.1) is 28.3 Å². The van der Waals surface area contributed by atoms with Gasteiger partial charge >= 0.3 is 0 Å². The lowest BCUT2D eigenvalue weighted by Crippen LogP contribution is -2.20. The lowest BCUT2D eigenvalue weighted by molar-refractivity contribution is -0.116. The zero-order valence-corrected chi connectivity index (χ0v) is 16.5.